The van der Waals surface area contributed by atoms with E-state index in [4.69, 9.17) is 9.31 Å². The molecule has 0 unspecified atom stereocenters. The van der Waals surface area contributed by atoms with Crippen LogP contribution in [-0.4, -0.2) is 19.3 Å². The zero-order valence-electron chi connectivity index (χ0n) is 8.54. The molecular formula is C9H19BO2. The number of rotatable bonds is 6. The molecule has 0 aromatic rings. The summed E-state index contributed by atoms with van der Waals surface area (Å²) in [6.07, 6.45) is 2.97. The highest BCUT2D eigenvalue weighted by Gasteiger charge is 2.18. The molecule has 0 amide bonds. The predicted molar refractivity (Wildman–Crippen MR) is 53.2 cm³/mol. The fraction of sp³-hybridized carbons (Fsp3) is 0.778. The Balaban J connectivity index is 3.77. The third-order valence-corrected chi connectivity index (χ3v) is 1.21. The normalized spacial score (nSPS) is 10.8. The average Bonchev–Trinajstić information content (AvgIpc) is 1.84. The second-order valence-corrected chi connectivity index (χ2v) is 3.32. The van der Waals surface area contributed by atoms with Gasteiger partial charge < -0.3 is 9.31 Å². The monoisotopic (exact) mass is 170 g/mol. The van der Waals surface area contributed by atoms with Gasteiger partial charge in [0.1, 0.15) is 0 Å². The highest BCUT2D eigenvalue weighted by molar-refractivity contribution is 6.45. The molecule has 0 fully saturated rings. The lowest BCUT2D eigenvalue weighted by atomic mass is 9.84. The van der Waals surface area contributed by atoms with E-state index in [1.807, 2.05) is 33.8 Å². The first-order valence-corrected chi connectivity index (χ1v) is 4.48. The van der Waals surface area contributed by atoms with Crippen LogP contribution >= 0.6 is 0 Å². The minimum atomic E-state index is -0.137. The fourth-order valence-corrected chi connectivity index (χ4v) is 0.886. The van der Waals surface area contributed by atoms with Gasteiger partial charge in [-0.05, 0) is 27.7 Å². The summed E-state index contributed by atoms with van der Waals surface area (Å²) in [5.74, 6) is 0. The number of allylic oxidation sites excluding steroid dienone is 1. The van der Waals surface area contributed by atoms with Crippen LogP contribution in [0.25, 0.3) is 0 Å². The first kappa shape index (κ1) is 11.7. The Bertz CT molecular complexity index is 114. The second-order valence-electron chi connectivity index (χ2n) is 3.32. The molecule has 3 heteroatoms. The van der Waals surface area contributed by atoms with Crippen molar-refractivity contribution in [3.05, 3.63) is 12.7 Å². The minimum Gasteiger partial charge on any atom is -0.409 e. The van der Waals surface area contributed by atoms with E-state index in [9.17, 15) is 0 Å². The molecule has 12 heavy (non-hydrogen) atoms. The molecule has 0 aliphatic carbocycles. The van der Waals surface area contributed by atoms with Crippen molar-refractivity contribution in [2.45, 2.75) is 46.2 Å². The van der Waals surface area contributed by atoms with E-state index in [0.717, 1.165) is 6.32 Å². The van der Waals surface area contributed by atoms with Gasteiger partial charge in [0.25, 0.3) is 0 Å². The average molecular weight is 170 g/mol. The van der Waals surface area contributed by atoms with Gasteiger partial charge in [0.15, 0.2) is 0 Å². The van der Waals surface area contributed by atoms with Crippen molar-refractivity contribution >= 4 is 7.12 Å². The zero-order valence-corrected chi connectivity index (χ0v) is 8.54. The lowest BCUT2D eigenvalue weighted by Gasteiger charge is -2.18. The van der Waals surface area contributed by atoms with Gasteiger partial charge in [-0.1, -0.05) is 6.08 Å². The summed E-state index contributed by atoms with van der Waals surface area (Å²) in [5, 5.41) is 0. The summed E-state index contributed by atoms with van der Waals surface area (Å²) >= 11 is 0. The maximum Gasteiger partial charge on any atom is 0.461 e. The molecule has 0 radical (unpaired) electrons. The summed E-state index contributed by atoms with van der Waals surface area (Å²) in [4.78, 5) is 0. The Morgan fingerprint density at radius 1 is 1.17 bits per heavy atom. The van der Waals surface area contributed by atoms with Crippen molar-refractivity contribution in [1.29, 1.82) is 0 Å². The maximum absolute atomic E-state index is 5.51. The minimum absolute atomic E-state index is 0.137. The highest BCUT2D eigenvalue weighted by Crippen LogP contribution is 2.04. The fourth-order valence-electron chi connectivity index (χ4n) is 0.886. The summed E-state index contributed by atoms with van der Waals surface area (Å²) < 4.78 is 11.0. The Kier molecular flexibility index (Phi) is 6.12. The maximum atomic E-state index is 5.51. The topological polar surface area (TPSA) is 18.5 Å². The molecular weight excluding hydrogens is 151 g/mol. The van der Waals surface area contributed by atoms with Gasteiger partial charge >= 0.3 is 7.12 Å². The highest BCUT2D eigenvalue weighted by atomic mass is 16.6. The van der Waals surface area contributed by atoms with Gasteiger partial charge in [0.2, 0.25) is 0 Å². The van der Waals surface area contributed by atoms with Crippen molar-refractivity contribution in [2.75, 3.05) is 0 Å². The molecule has 0 heterocycles. The number of hydrogen-bond donors (Lipinski definition) is 0. The Hall–Kier alpha value is -0.275. The summed E-state index contributed by atoms with van der Waals surface area (Å²) in [7, 11) is -0.137. The van der Waals surface area contributed by atoms with Crippen molar-refractivity contribution in [3.8, 4) is 0 Å². The molecule has 0 aliphatic rings. The van der Waals surface area contributed by atoms with Crippen LogP contribution in [-0.2, 0) is 9.31 Å². The van der Waals surface area contributed by atoms with E-state index < -0.39 is 0 Å². The Morgan fingerprint density at radius 3 is 1.83 bits per heavy atom. The van der Waals surface area contributed by atoms with Gasteiger partial charge in [0.05, 0.1) is 0 Å². The molecule has 0 aliphatic heterocycles. The smallest absolute Gasteiger partial charge is 0.409 e. The van der Waals surface area contributed by atoms with E-state index >= 15 is 0 Å². The van der Waals surface area contributed by atoms with E-state index in [0.29, 0.717) is 0 Å². The van der Waals surface area contributed by atoms with Crippen molar-refractivity contribution in [3.63, 3.8) is 0 Å². The van der Waals surface area contributed by atoms with Crippen molar-refractivity contribution in [1.82, 2.24) is 0 Å². The van der Waals surface area contributed by atoms with Gasteiger partial charge in [-0.2, -0.15) is 0 Å². The van der Waals surface area contributed by atoms with Crippen LogP contribution < -0.4 is 0 Å². The zero-order chi connectivity index (χ0) is 9.56. The Morgan fingerprint density at radius 2 is 1.58 bits per heavy atom. The van der Waals surface area contributed by atoms with E-state index in [1.54, 1.807) is 0 Å². The summed E-state index contributed by atoms with van der Waals surface area (Å²) in [6.45, 7) is 11.7. The lowest BCUT2D eigenvalue weighted by molar-refractivity contribution is 0.132. The summed E-state index contributed by atoms with van der Waals surface area (Å²) in [5.41, 5.74) is 0. The number of hydrogen-bond acceptors (Lipinski definition) is 2. The molecule has 0 aromatic carbocycles. The molecule has 2 nitrogen and oxygen atoms in total. The van der Waals surface area contributed by atoms with Gasteiger partial charge in [0, 0.05) is 18.5 Å². The largest absolute Gasteiger partial charge is 0.461 e. The predicted octanol–water partition coefficient (Wildman–Crippen LogP) is 2.51. The first-order chi connectivity index (χ1) is 5.56. The SMILES string of the molecule is C=CCB(OC(C)C)OC(C)C. The third-order valence-electron chi connectivity index (χ3n) is 1.21. The molecule has 0 atom stereocenters. The van der Waals surface area contributed by atoms with Crippen molar-refractivity contribution < 1.29 is 9.31 Å². The van der Waals surface area contributed by atoms with Gasteiger partial charge in [-0.3, -0.25) is 0 Å². The third kappa shape index (κ3) is 6.44. The van der Waals surface area contributed by atoms with Crippen LogP contribution in [0, 0.1) is 0 Å². The van der Waals surface area contributed by atoms with Crippen LogP contribution in [0.5, 0.6) is 0 Å². The summed E-state index contributed by atoms with van der Waals surface area (Å²) in [6, 6.07) is 0. The molecule has 0 aromatic heterocycles. The van der Waals surface area contributed by atoms with Crippen LogP contribution in [0.15, 0.2) is 12.7 Å². The Labute approximate surface area is 76.1 Å². The van der Waals surface area contributed by atoms with Gasteiger partial charge in [-0.15, -0.1) is 6.58 Å². The molecule has 0 saturated carbocycles. The molecule has 0 spiro atoms. The van der Waals surface area contributed by atoms with E-state index in [2.05, 4.69) is 6.58 Å². The van der Waals surface area contributed by atoms with Crippen LogP contribution in [0.1, 0.15) is 27.7 Å². The first-order valence-electron chi connectivity index (χ1n) is 4.48. The van der Waals surface area contributed by atoms with Crippen LogP contribution in [0.2, 0.25) is 6.32 Å². The molecule has 0 saturated heterocycles. The van der Waals surface area contributed by atoms with Crippen LogP contribution in [0.4, 0.5) is 0 Å². The standard InChI is InChI=1S/C9H19BO2/c1-6-7-10(11-8(2)3)12-9(4)5/h6,8-9H,1,7H2,2-5H3. The van der Waals surface area contributed by atoms with E-state index in [1.165, 1.54) is 0 Å². The second kappa shape index (κ2) is 6.26. The van der Waals surface area contributed by atoms with E-state index in [-0.39, 0.29) is 19.3 Å². The molecule has 0 N–H and O–H groups in total. The van der Waals surface area contributed by atoms with Gasteiger partial charge in [-0.25, -0.2) is 0 Å². The molecule has 70 valence electrons. The van der Waals surface area contributed by atoms with Crippen molar-refractivity contribution in [2.24, 2.45) is 0 Å². The quantitative estimate of drug-likeness (QED) is 0.450. The molecule has 0 rings (SSSR count). The lowest BCUT2D eigenvalue weighted by Crippen LogP contribution is -2.28. The van der Waals surface area contributed by atoms with Crippen LogP contribution in [0.3, 0.4) is 0 Å². The molecule has 0 bridgehead atoms.